The van der Waals surface area contributed by atoms with Crippen molar-refractivity contribution < 1.29 is 52.3 Å². The first-order chi connectivity index (χ1) is 26.2. The SMILES string of the molecule is COCOc1c(OC)c(C)cc2c1[C@@H]1C3[C@@H]4SCC(NC(=O)OCC(Cl)(Cl)Cl)C(=O)OC[C@@H](c5c6c(c(C)c(OC(C)=O)c54)OCO6)N3[C@@H](C#N)[C@H](C2)N1C. The van der Waals surface area contributed by atoms with Gasteiger partial charge in [-0.2, -0.15) is 5.26 Å². The van der Waals surface area contributed by atoms with E-state index in [0.29, 0.717) is 46.1 Å². The van der Waals surface area contributed by atoms with Crippen molar-refractivity contribution in [2.45, 2.75) is 72.5 Å². The molecule has 2 fully saturated rings. The maximum atomic E-state index is 13.8. The van der Waals surface area contributed by atoms with Gasteiger partial charge in [-0.05, 0) is 38.4 Å². The Balaban J connectivity index is 1.46. The van der Waals surface area contributed by atoms with Gasteiger partial charge in [0.1, 0.15) is 31.0 Å². The van der Waals surface area contributed by atoms with Gasteiger partial charge in [0, 0.05) is 54.1 Å². The fourth-order valence-electron chi connectivity index (χ4n) is 8.64. The number of carbonyl (C=O) groups excluding carboxylic acids is 3. The Bertz CT molecular complexity index is 1960. The van der Waals surface area contributed by atoms with Gasteiger partial charge in [0.25, 0.3) is 0 Å². The molecule has 19 heteroatoms. The number of aryl methyl sites for hydroxylation is 1. The number of hydrogen-bond donors (Lipinski definition) is 1. The predicted molar refractivity (Wildman–Crippen MR) is 199 cm³/mol. The number of alkyl halides is 3. The lowest BCUT2D eigenvalue weighted by molar-refractivity contribution is -0.151. The number of nitrogens with zero attached hydrogens (tertiary/aromatic N) is 3. The zero-order chi connectivity index (χ0) is 39.5. The molecule has 0 saturated carbocycles. The molecule has 5 heterocycles. The van der Waals surface area contributed by atoms with E-state index in [1.165, 1.54) is 25.8 Å². The van der Waals surface area contributed by atoms with Crippen LogP contribution in [0.5, 0.6) is 28.7 Å². The van der Waals surface area contributed by atoms with E-state index in [9.17, 15) is 19.6 Å². The standard InChI is InChI=1S/C36H39Cl3N4O11S/c1-15-7-18-8-20-21(9-40)43-22-10-49-34(45)19(41-35(46)50-12-36(37,38)39)11-55-33(25-24(22)32-30(52-14-53-32)16(2)29(25)54-17(3)44)27(43)26(42(20)4)23(18)31(28(15)48-6)51-13-47-5/h7,19-22,26-27,33H,8,10-14H2,1-6H3,(H,41,46)/t19?,20-,21-,22-,26+,27?,33+/m0/s1. The summed E-state index contributed by atoms with van der Waals surface area (Å²) < 4.78 is 45.0. The number of amides is 1. The molecule has 1 N–H and O–H groups in total. The lowest BCUT2D eigenvalue weighted by Gasteiger charge is -2.61. The molecule has 7 atom stereocenters. The summed E-state index contributed by atoms with van der Waals surface area (Å²) in [7, 11) is 5.09. The largest absolute Gasteiger partial charge is 0.493 e. The number of thioether (sulfide) groups is 1. The quantitative estimate of drug-likeness (QED) is 0.172. The van der Waals surface area contributed by atoms with Crippen molar-refractivity contribution in [2.24, 2.45) is 0 Å². The molecule has 2 unspecified atom stereocenters. The Morgan fingerprint density at radius 3 is 2.51 bits per heavy atom. The highest BCUT2D eigenvalue weighted by atomic mass is 35.6. The number of methoxy groups -OCH3 is 2. The number of hydrogen-bond acceptors (Lipinski definition) is 15. The summed E-state index contributed by atoms with van der Waals surface area (Å²) in [6, 6.07) is 0.615. The molecule has 1 amide bonds. The minimum atomic E-state index is -1.88. The molecule has 4 bridgehead atoms. The minimum absolute atomic E-state index is 0.0397. The summed E-state index contributed by atoms with van der Waals surface area (Å²) in [6.07, 6.45) is -0.492. The Morgan fingerprint density at radius 2 is 1.84 bits per heavy atom. The number of ether oxygens (including phenoxy) is 8. The molecule has 2 aromatic rings. The van der Waals surface area contributed by atoms with E-state index in [2.05, 4.69) is 27.3 Å². The molecule has 5 aliphatic rings. The van der Waals surface area contributed by atoms with Gasteiger partial charge in [0.2, 0.25) is 10.6 Å². The van der Waals surface area contributed by atoms with E-state index in [1.807, 2.05) is 14.0 Å². The molecule has 7 rings (SSSR count). The zero-order valence-electron chi connectivity index (χ0n) is 30.7. The molecule has 0 aliphatic carbocycles. The van der Waals surface area contributed by atoms with E-state index < -0.39 is 63.9 Å². The smallest absolute Gasteiger partial charge is 0.408 e. The van der Waals surface area contributed by atoms with Gasteiger partial charge in [0.15, 0.2) is 29.8 Å². The van der Waals surface area contributed by atoms with Crippen LogP contribution in [0.25, 0.3) is 0 Å². The van der Waals surface area contributed by atoms with Crippen LogP contribution < -0.4 is 29.0 Å². The average molecular weight is 842 g/mol. The second kappa shape index (κ2) is 15.4. The monoisotopic (exact) mass is 840 g/mol. The second-order valence-electron chi connectivity index (χ2n) is 13.8. The highest BCUT2D eigenvalue weighted by molar-refractivity contribution is 7.99. The Morgan fingerprint density at radius 1 is 1.09 bits per heavy atom. The number of esters is 2. The summed E-state index contributed by atoms with van der Waals surface area (Å²) in [6.45, 7) is 4.06. The third-order valence-electron chi connectivity index (χ3n) is 10.6. The van der Waals surface area contributed by atoms with E-state index in [0.717, 1.165) is 16.7 Å². The fourth-order valence-corrected chi connectivity index (χ4v) is 10.3. The lowest BCUT2D eigenvalue weighted by atomic mass is 9.71. The Hall–Kier alpha value is -3.56. The van der Waals surface area contributed by atoms with Crippen LogP contribution in [0.3, 0.4) is 0 Å². The number of rotatable bonds is 7. The van der Waals surface area contributed by atoms with Crippen molar-refractivity contribution >= 4 is 64.6 Å². The Labute approximate surface area is 336 Å². The number of halogens is 3. The van der Waals surface area contributed by atoms with Gasteiger partial charge in [-0.15, -0.1) is 11.8 Å². The van der Waals surface area contributed by atoms with Crippen LogP contribution in [0.15, 0.2) is 6.07 Å². The number of carbonyl (C=O) groups is 3. The maximum Gasteiger partial charge on any atom is 0.408 e. The Kier molecular flexibility index (Phi) is 11.1. The van der Waals surface area contributed by atoms with E-state index >= 15 is 0 Å². The highest BCUT2D eigenvalue weighted by Gasteiger charge is 2.61. The maximum absolute atomic E-state index is 13.8. The van der Waals surface area contributed by atoms with Crippen LogP contribution in [0.2, 0.25) is 0 Å². The van der Waals surface area contributed by atoms with Crippen molar-refractivity contribution in [3.8, 4) is 34.8 Å². The molecule has 2 aromatic carbocycles. The van der Waals surface area contributed by atoms with Crippen molar-refractivity contribution in [2.75, 3.05) is 53.8 Å². The first-order valence-corrected chi connectivity index (χ1v) is 19.5. The summed E-state index contributed by atoms with van der Waals surface area (Å²) in [5.41, 5.74) is 4.45. The number of nitriles is 1. The summed E-state index contributed by atoms with van der Waals surface area (Å²) in [5, 5.41) is 13.0. The molecule has 15 nitrogen and oxygen atoms in total. The number of alkyl carbamates (subject to hydrolysis) is 1. The van der Waals surface area contributed by atoms with Gasteiger partial charge in [0.05, 0.1) is 30.5 Å². The first kappa shape index (κ1) is 39.7. The van der Waals surface area contributed by atoms with Gasteiger partial charge >= 0.3 is 18.0 Å². The molecule has 2 saturated heterocycles. The third-order valence-corrected chi connectivity index (χ3v) is 12.3. The van der Waals surface area contributed by atoms with Gasteiger partial charge < -0.3 is 43.2 Å². The molecule has 296 valence electrons. The predicted octanol–water partition coefficient (Wildman–Crippen LogP) is 4.97. The topological polar surface area (TPSA) is 167 Å². The summed E-state index contributed by atoms with van der Waals surface area (Å²) in [5.74, 6) is 0.798. The molecular formula is C36H39Cl3N4O11S. The first-order valence-electron chi connectivity index (χ1n) is 17.3. The molecule has 5 aliphatic heterocycles. The van der Waals surface area contributed by atoms with Crippen LogP contribution in [-0.2, 0) is 30.2 Å². The van der Waals surface area contributed by atoms with Crippen LogP contribution in [0.1, 0.15) is 57.6 Å². The number of piperazine rings is 1. The molecule has 0 spiro atoms. The highest BCUT2D eigenvalue weighted by Crippen LogP contribution is 2.64. The second-order valence-corrected chi connectivity index (χ2v) is 17.5. The van der Waals surface area contributed by atoms with Crippen LogP contribution >= 0.6 is 46.6 Å². The van der Waals surface area contributed by atoms with Crippen molar-refractivity contribution in [3.63, 3.8) is 0 Å². The van der Waals surface area contributed by atoms with Crippen LogP contribution in [0.4, 0.5) is 4.79 Å². The third kappa shape index (κ3) is 6.96. The van der Waals surface area contributed by atoms with Crippen LogP contribution in [-0.4, -0.2) is 110 Å². The number of nitrogens with one attached hydrogen (secondary N) is 1. The number of cyclic esters (lactones) is 1. The van der Waals surface area contributed by atoms with Gasteiger partial charge in [-0.25, -0.2) is 9.59 Å². The van der Waals surface area contributed by atoms with Gasteiger partial charge in [-0.3, -0.25) is 14.6 Å². The summed E-state index contributed by atoms with van der Waals surface area (Å²) >= 11 is 18.7. The van der Waals surface area contributed by atoms with E-state index in [-0.39, 0.29) is 37.7 Å². The van der Waals surface area contributed by atoms with Crippen molar-refractivity contribution in [3.05, 3.63) is 39.4 Å². The lowest BCUT2D eigenvalue weighted by Crippen LogP contribution is -2.69. The van der Waals surface area contributed by atoms with Crippen molar-refractivity contribution in [1.29, 1.82) is 5.26 Å². The minimum Gasteiger partial charge on any atom is -0.493 e. The molecule has 0 aromatic heterocycles. The van der Waals surface area contributed by atoms with Gasteiger partial charge in [-0.1, -0.05) is 40.9 Å². The van der Waals surface area contributed by atoms with Crippen LogP contribution in [0, 0.1) is 25.2 Å². The van der Waals surface area contributed by atoms with E-state index in [4.69, 9.17) is 72.7 Å². The number of benzene rings is 2. The van der Waals surface area contributed by atoms with Crippen molar-refractivity contribution in [1.82, 2.24) is 15.1 Å². The zero-order valence-corrected chi connectivity index (χ0v) is 33.8. The normalized spacial score (nSPS) is 26.8. The number of likely N-dealkylation sites (N-methyl/N-ethyl adjacent to an activating group) is 1. The fraction of sp³-hybridized carbons (Fsp3) is 0.556. The average Bonchev–Trinajstić information content (AvgIpc) is 3.62. The molecule has 0 radical (unpaired) electrons. The number of fused-ring (bicyclic) bond motifs is 9. The molecule has 55 heavy (non-hydrogen) atoms. The van der Waals surface area contributed by atoms with E-state index in [1.54, 1.807) is 14.0 Å². The molecular weight excluding hydrogens is 803 g/mol. The summed E-state index contributed by atoms with van der Waals surface area (Å²) in [4.78, 5) is 43.8.